The maximum Gasteiger partial charge on any atom is 0.256 e. The predicted octanol–water partition coefficient (Wildman–Crippen LogP) is 1.80. The Morgan fingerprint density at radius 3 is 2.12 bits per heavy atom. The molecular formula is C10H11ClO5. The number of carbonyl (C=O) groups excluding carboxylic acids is 1. The molecule has 0 radical (unpaired) electrons. The van der Waals surface area contributed by atoms with E-state index < -0.39 is 5.24 Å². The van der Waals surface area contributed by atoms with Crippen LogP contribution in [0, 0.1) is 0 Å². The summed E-state index contributed by atoms with van der Waals surface area (Å²) in [7, 11) is 4.12. The van der Waals surface area contributed by atoms with Crippen molar-refractivity contribution in [3.63, 3.8) is 0 Å². The molecule has 1 N–H and O–H groups in total. The Morgan fingerprint density at radius 2 is 1.75 bits per heavy atom. The molecule has 6 heteroatoms. The van der Waals surface area contributed by atoms with Gasteiger partial charge in [-0.1, -0.05) is 0 Å². The molecule has 0 aromatic heterocycles. The van der Waals surface area contributed by atoms with Gasteiger partial charge in [0.1, 0.15) is 0 Å². The largest absolute Gasteiger partial charge is 0.504 e. The molecule has 5 nitrogen and oxygen atoms in total. The second kappa shape index (κ2) is 4.94. The molecule has 0 atom stereocenters. The summed E-state index contributed by atoms with van der Waals surface area (Å²) in [6, 6.07) is 1.28. The van der Waals surface area contributed by atoms with Crippen LogP contribution < -0.4 is 14.2 Å². The Kier molecular flexibility index (Phi) is 3.84. The number of rotatable bonds is 4. The number of carbonyl (C=O) groups is 1. The van der Waals surface area contributed by atoms with Crippen LogP contribution in [0.4, 0.5) is 0 Å². The minimum Gasteiger partial charge on any atom is -0.504 e. The van der Waals surface area contributed by atoms with Crippen LogP contribution in [0.3, 0.4) is 0 Å². The van der Waals surface area contributed by atoms with Gasteiger partial charge >= 0.3 is 0 Å². The second-order valence-electron chi connectivity index (χ2n) is 2.82. The van der Waals surface area contributed by atoms with Crippen LogP contribution in [0.25, 0.3) is 0 Å². The first-order valence-electron chi connectivity index (χ1n) is 4.28. The van der Waals surface area contributed by atoms with Gasteiger partial charge in [-0.05, 0) is 11.6 Å². The van der Waals surface area contributed by atoms with E-state index in [1.54, 1.807) is 0 Å². The average Bonchev–Trinajstić information content (AvgIpc) is 2.27. The van der Waals surface area contributed by atoms with Crippen LogP contribution in [-0.4, -0.2) is 31.7 Å². The van der Waals surface area contributed by atoms with Gasteiger partial charge in [-0.3, -0.25) is 4.79 Å². The van der Waals surface area contributed by atoms with Crippen molar-refractivity contribution in [2.24, 2.45) is 0 Å². The molecule has 1 rings (SSSR count). The summed E-state index contributed by atoms with van der Waals surface area (Å²) in [5, 5.41) is 8.92. The third-order valence-electron chi connectivity index (χ3n) is 2.02. The Bertz CT molecular complexity index is 416. The monoisotopic (exact) mass is 246 g/mol. The fraction of sp³-hybridized carbons (Fsp3) is 0.300. The molecule has 16 heavy (non-hydrogen) atoms. The molecule has 0 saturated heterocycles. The third kappa shape index (κ3) is 1.99. The van der Waals surface area contributed by atoms with Gasteiger partial charge in [-0.2, -0.15) is 0 Å². The molecule has 1 aromatic rings. The van der Waals surface area contributed by atoms with E-state index in [0.717, 1.165) is 0 Å². The number of benzene rings is 1. The fourth-order valence-corrected chi connectivity index (χ4v) is 1.43. The highest BCUT2D eigenvalue weighted by molar-refractivity contribution is 6.68. The highest BCUT2D eigenvalue weighted by atomic mass is 35.5. The van der Waals surface area contributed by atoms with Gasteiger partial charge in [0.05, 0.1) is 26.9 Å². The smallest absolute Gasteiger partial charge is 0.256 e. The summed E-state index contributed by atoms with van der Waals surface area (Å²) in [5.41, 5.74) is -0.101. The van der Waals surface area contributed by atoms with Crippen molar-refractivity contribution in [1.82, 2.24) is 0 Å². The maximum absolute atomic E-state index is 11.1. The van der Waals surface area contributed by atoms with Crippen molar-refractivity contribution in [2.45, 2.75) is 0 Å². The van der Waals surface area contributed by atoms with E-state index in [-0.39, 0.29) is 28.6 Å². The maximum atomic E-state index is 11.1. The Hall–Kier alpha value is -1.62. The van der Waals surface area contributed by atoms with Gasteiger partial charge in [-0.15, -0.1) is 0 Å². The number of halogens is 1. The highest BCUT2D eigenvalue weighted by Gasteiger charge is 2.22. The van der Waals surface area contributed by atoms with Crippen LogP contribution in [0.2, 0.25) is 0 Å². The molecule has 0 amide bonds. The number of hydrogen-bond donors (Lipinski definition) is 1. The molecule has 0 heterocycles. The minimum absolute atomic E-state index is 0.00542. The van der Waals surface area contributed by atoms with Crippen molar-refractivity contribution in [2.75, 3.05) is 21.3 Å². The molecule has 0 bridgehead atoms. The van der Waals surface area contributed by atoms with Crippen molar-refractivity contribution in [3.05, 3.63) is 11.6 Å². The molecule has 0 spiro atoms. The molecule has 0 aliphatic carbocycles. The van der Waals surface area contributed by atoms with Crippen molar-refractivity contribution < 1.29 is 24.1 Å². The van der Waals surface area contributed by atoms with E-state index in [4.69, 9.17) is 25.8 Å². The summed E-state index contributed by atoms with van der Waals surface area (Å²) in [6.45, 7) is 0. The number of aromatic hydroxyl groups is 1. The summed E-state index contributed by atoms with van der Waals surface area (Å²) in [5.74, 6) is 0.0799. The Morgan fingerprint density at radius 1 is 1.19 bits per heavy atom. The van der Waals surface area contributed by atoms with Gasteiger partial charge in [0, 0.05) is 6.07 Å². The van der Waals surface area contributed by atoms with Crippen LogP contribution in [0.5, 0.6) is 23.0 Å². The minimum atomic E-state index is -0.809. The quantitative estimate of drug-likeness (QED) is 0.821. The second-order valence-corrected chi connectivity index (χ2v) is 3.16. The topological polar surface area (TPSA) is 65.0 Å². The van der Waals surface area contributed by atoms with Crippen molar-refractivity contribution in [3.8, 4) is 23.0 Å². The zero-order valence-electron chi connectivity index (χ0n) is 9.04. The number of phenols is 1. The van der Waals surface area contributed by atoms with Gasteiger partial charge in [0.2, 0.25) is 11.5 Å². The highest BCUT2D eigenvalue weighted by Crippen LogP contribution is 2.46. The van der Waals surface area contributed by atoms with E-state index >= 15 is 0 Å². The molecule has 0 unspecified atom stereocenters. The van der Waals surface area contributed by atoms with Crippen molar-refractivity contribution in [1.29, 1.82) is 0 Å². The molecule has 0 aliphatic rings. The van der Waals surface area contributed by atoms with Gasteiger partial charge in [0.15, 0.2) is 11.5 Å². The van der Waals surface area contributed by atoms with Gasteiger partial charge in [-0.25, -0.2) is 0 Å². The fourth-order valence-electron chi connectivity index (χ4n) is 1.29. The Labute approximate surface area is 97.5 Å². The molecule has 0 fully saturated rings. The van der Waals surface area contributed by atoms with E-state index in [9.17, 15) is 9.90 Å². The lowest BCUT2D eigenvalue weighted by Crippen LogP contribution is -1.99. The number of ether oxygens (including phenoxy) is 3. The molecular weight excluding hydrogens is 236 g/mol. The lowest BCUT2D eigenvalue weighted by Gasteiger charge is -2.14. The number of hydrogen-bond acceptors (Lipinski definition) is 5. The van der Waals surface area contributed by atoms with E-state index in [1.165, 1.54) is 27.4 Å². The van der Waals surface area contributed by atoms with Crippen LogP contribution >= 0.6 is 11.6 Å². The summed E-state index contributed by atoms with van der Waals surface area (Å²) < 4.78 is 14.9. The first-order chi connectivity index (χ1) is 7.56. The summed E-state index contributed by atoms with van der Waals surface area (Å²) >= 11 is 5.31. The zero-order valence-corrected chi connectivity index (χ0v) is 9.79. The van der Waals surface area contributed by atoms with Crippen LogP contribution in [0.15, 0.2) is 6.07 Å². The lowest BCUT2D eigenvalue weighted by atomic mass is 10.1. The molecule has 0 saturated carbocycles. The Balaban J connectivity index is 3.54. The van der Waals surface area contributed by atoms with E-state index in [1.807, 2.05) is 0 Å². The van der Waals surface area contributed by atoms with E-state index in [0.29, 0.717) is 0 Å². The van der Waals surface area contributed by atoms with Crippen LogP contribution in [0.1, 0.15) is 10.4 Å². The SMILES string of the molecule is COc1cc(C(=O)Cl)c(O)c(OC)c1OC. The normalized spacial score (nSPS) is 9.75. The van der Waals surface area contributed by atoms with Gasteiger partial charge in [0.25, 0.3) is 5.24 Å². The molecule has 88 valence electrons. The zero-order chi connectivity index (χ0) is 12.3. The summed E-state index contributed by atoms with van der Waals surface area (Å²) in [6.07, 6.45) is 0. The first kappa shape index (κ1) is 12.4. The standard InChI is InChI=1S/C10H11ClO5/c1-14-6-4-5(10(11)13)7(12)9(16-3)8(6)15-2/h4,12H,1-3H3. The molecule has 1 aromatic carbocycles. The predicted molar refractivity (Wildman–Crippen MR) is 57.9 cm³/mol. The molecule has 0 aliphatic heterocycles. The van der Waals surface area contributed by atoms with Crippen LogP contribution in [-0.2, 0) is 0 Å². The lowest BCUT2D eigenvalue weighted by molar-refractivity contribution is 0.107. The van der Waals surface area contributed by atoms with Gasteiger partial charge < -0.3 is 19.3 Å². The average molecular weight is 247 g/mol. The van der Waals surface area contributed by atoms with E-state index in [2.05, 4.69) is 0 Å². The first-order valence-corrected chi connectivity index (χ1v) is 4.66. The summed E-state index contributed by atoms with van der Waals surface area (Å²) in [4.78, 5) is 11.1. The third-order valence-corrected chi connectivity index (χ3v) is 2.22. The van der Waals surface area contributed by atoms with Crippen molar-refractivity contribution >= 4 is 16.8 Å². The number of methoxy groups -OCH3 is 3. The number of phenolic OH excluding ortho intramolecular Hbond substituents is 1.